The molecule has 34 heavy (non-hydrogen) atoms. The van der Waals surface area contributed by atoms with E-state index < -0.39 is 16.7 Å². The number of amides is 2. The Morgan fingerprint density at radius 3 is 1.62 bits per heavy atom. The van der Waals surface area contributed by atoms with E-state index in [-0.39, 0.29) is 11.8 Å². The van der Waals surface area contributed by atoms with Gasteiger partial charge in [-0.15, -0.1) is 0 Å². The second-order valence-corrected chi connectivity index (χ2v) is 9.80. The van der Waals surface area contributed by atoms with Crippen molar-refractivity contribution in [1.29, 1.82) is 0 Å². The summed E-state index contributed by atoms with van der Waals surface area (Å²) in [6, 6.07) is 26.5. The van der Waals surface area contributed by atoms with Crippen LogP contribution in [0.25, 0.3) is 0 Å². The fraction of sp³-hybridized carbons (Fsp3) is 0.185. The third-order valence-corrected chi connectivity index (χ3v) is 7.78. The first-order valence-electron chi connectivity index (χ1n) is 11.1. The predicted molar refractivity (Wildman–Crippen MR) is 136 cm³/mol. The minimum absolute atomic E-state index is 0.195. The highest BCUT2D eigenvalue weighted by Gasteiger charge is 2.91. The predicted octanol–water partition coefficient (Wildman–Crippen LogP) is 5.36. The molecule has 0 N–H and O–H groups in total. The SMILES string of the molecule is CC1=NN(c2ccccc2)C(=O)[C@]12C(c1cccc(Br)c1)[C@]21C(=O)N(c2ccccc2)N=C1C. The first-order valence-corrected chi connectivity index (χ1v) is 11.9. The molecule has 3 aromatic rings. The zero-order valence-corrected chi connectivity index (χ0v) is 20.2. The molecule has 6 nitrogen and oxygen atoms in total. The van der Waals surface area contributed by atoms with Crippen molar-refractivity contribution in [3.8, 4) is 0 Å². The Hall–Kier alpha value is -3.58. The highest BCUT2D eigenvalue weighted by Crippen LogP contribution is 2.79. The van der Waals surface area contributed by atoms with E-state index in [9.17, 15) is 9.59 Å². The van der Waals surface area contributed by atoms with Crippen molar-refractivity contribution in [2.45, 2.75) is 19.8 Å². The van der Waals surface area contributed by atoms with Crippen LogP contribution in [-0.4, -0.2) is 23.2 Å². The van der Waals surface area contributed by atoms with Crippen LogP contribution >= 0.6 is 15.9 Å². The maximum atomic E-state index is 14.2. The maximum absolute atomic E-state index is 14.2. The zero-order chi connectivity index (χ0) is 23.7. The van der Waals surface area contributed by atoms with Crippen molar-refractivity contribution in [3.63, 3.8) is 0 Å². The summed E-state index contributed by atoms with van der Waals surface area (Å²) in [5.74, 6) is -0.801. The normalized spacial score (nSPS) is 27.6. The summed E-state index contributed by atoms with van der Waals surface area (Å²) in [7, 11) is 0. The number of rotatable bonds is 3. The van der Waals surface area contributed by atoms with Crippen LogP contribution in [0.15, 0.2) is 99.6 Å². The summed E-state index contributed by atoms with van der Waals surface area (Å²) in [4.78, 5) is 28.5. The van der Waals surface area contributed by atoms with Gasteiger partial charge < -0.3 is 0 Å². The summed E-state index contributed by atoms with van der Waals surface area (Å²) >= 11 is 3.56. The van der Waals surface area contributed by atoms with E-state index in [0.717, 1.165) is 10.0 Å². The summed E-state index contributed by atoms with van der Waals surface area (Å²) < 4.78 is 0.891. The second-order valence-electron chi connectivity index (χ2n) is 8.88. The van der Waals surface area contributed by atoms with Crippen molar-refractivity contribution in [2.24, 2.45) is 21.0 Å². The van der Waals surface area contributed by atoms with E-state index in [1.807, 2.05) is 98.8 Å². The summed E-state index contributed by atoms with van der Waals surface area (Å²) in [6.45, 7) is 3.71. The Bertz CT molecular complexity index is 1320. The van der Waals surface area contributed by atoms with E-state index >= 15 is 0 Å². The van der Waals surface area contributed by atoms with Crippen molar-refractivity contribution < 1.29 is 9.59 Å². The standard InChI is InChI=1S/C27H21BrN4O2/c1-17-26(24(33)31(29-17)21-12-5-3-6-13-21)23(19-10-9-11-20(28)16-19)27(26)18(2)30-32(25(27)34)22-14-7-4-8-15-22/h3-16,23H,1-2H3/t26-,27-/m1/s1. The fourth-order valence-corrected chi connectivity index (χ4v) is 6.33. The molecule has 2 spiro atoms. The number of benzene rings is 3. The Morgan fingerprint density at radius 1 is 0.706 bits per heavy atom. The summed E-state index contributed by atoms with van der Waals surface area (Å²) in [5.41, 5.74) is 1.27. The van der Waals surface area contributed by atoms with Gasteiger partial charge in [0.1, 0.15) is 10.8 Å². The van der Waals surface area contributed by atoms with E-state index in [0.29, 0.717) is 22.8 Å². The third kappa shape index (κ3) is 2.45. The number of para-hydroxylation sites is 2. The van der Waals surface area contributed by atoms with E-state index in [1.165, 1.54) is 10.0 Å². The molecule has 3 aliphatic rings. The minimum atomic E-state index is -1.13. The number of hydrogen-bond donors (Lipinski definition) is 0. The van der Waals surface area contributed by atoms with Crippen molar-refractivity contribution in [3.05, 3.63) is 95.0 Å². The summed E-state index contributed by atoms with van der Waals surface area (Å²) in [5, 5.41) is 12.3. The Morgan fingerprint density at radius 2 is 1.18 bits per heavy atom. The molecule has 2 amide bonds. The lowest BCUT2D eigenvalue weighted by molar-refractivity contribution is -0.126. The molecule has 0 radical (unpaired) electrons. The molecule has 2 aliphatic heterocycles. The van der Waals surface area contributed by atoms with Gasteiger partial charge in [-0.3, -0.25) is 9.59 Å². The molecule has 3 aromatic carbocycles. The van der Waals surface area contributed by atoms with Crippen LogP contribution in [0.3, 0.4) is 0 Å². The van der Waals surface area contributed by atoms with Gasteiger partial charge in [0, 0.05) is 10.4 Å². The molecule has 0 unspecified atom stereocenters. The van der Waals surface area contributed by atoms with Gasteiger partial charge in [0.2, 0.25) is 0 Å². The van der Waals surface area contributed by atoms with Gasteiger partial charge in [-0.2, -0.15) is 20.2 Å². The smallest absolute Gasteiger partial charge is 0.261 e. The van der Waals surface area contributed by atoms with E-state index in [2.05, 4.69) is 15.9 Å². The molecular weight excluding hydrogens is 492 g/mol. The molecule has 7 heteroatoms. The Kier molecular flexibility index (Phi) is 4.45. The number of carbonyl (C=O) groups excluding carboxylic acids is 2. The quantitative estimate of drug-likeness (QED) is 0.473. The lowest BCUT2D eigenvalue weighted by Gasteiger charge is -2.18. The van der Waals surface area contributed by atoms with Gasteiger partial charge in [0.15, 0.2) is 0 Å². The number of fused-ring (bicyclic) bond motifs is 1. The average molecular weight is 513 g/mol. The van der Waals surface area contributed by atoms with E-state index in [1.54, 1.807) is 0 Å². The number of hydrogen-bond acceptors (Lipinski definition) is 4. The first-order chi connectivity index (χ1) is 16.4. The molecule has 0 aromatic heterocycles. The van der Waals surface area contributed by atoms with Crippen molar-refractivity contribution >= 4 is 50.5 Å². The molecule has 0 bridgehead atoms. The van der Waals surface area contributed by atoms with Gasteiger partial charge in [-0.1, -0.05) is 64.5 Å². The molecule has 2 heterocycles. The zero-order valence-electron chi connectivity index (χ0n) is 18.6. The lowest BCUT2D eigenvalue weighted by Crippen LogP contribution is -2.40. The monoisotopic (exact) mass is 512 g/mol. The molecule has 1 fully saturated rings. The Balaban J connectivity index is 1.54. The van der Waals surface area contributed by atoms with Crippen LogP contribution in [0, 0.1) is 10.8 Å². The number of hydrazone groups is 2. The molecule has 6 rings (SSSR count). The maximum Gasteiger partial charge on any atom is 0.261 e. The average Bonchev–Trinajstić information content (AvgIpc) is 3.34. The molecule has 168 valence electrons. The number of carbonyl (C=O) groups is 2. The minimum Gasteiger partial charge on any atom is -0.271 e. The van der Waals surface area contributed by atoms with Crippen LogP contribution in [0.1, 0.15) is 25.3 Å². The van der Waals surface area contributed by atoms with Gasteiger partial charge in [-0.25, -0.2) is 0 Å². The van der Waals surface area contributed by atoms with Gasteiger partial charge in [0.05, 0.1) is 22.8 Å². The molecule has 1 aliphatic carbocycles. The van der Waals surface area contributed by atoms with Crippen molar-refractivity contribution in [1.82, 2.24) is 0 Å². The number of nitrogens with zero attached hydrogens (tertiary/aromatic N) is 4. The van der Waals surface area contributed by atoms with Gasteiger partial charge >= 0.3 is 0 Å². The topological polar surface area (TPSA) is 65.3 Å². The number of halogens is 1. The Labute approximate surface area is 205 Å². The lowest BCUT2D eigenvalue weighted by atomic mass is 9.85. The van der Waals surface area contributed by atoms with Crippen LogP contribution in [0.4, 0.5) is 11.4 Å². The highest BCUT2D eigenvalue weighted by molar-refractivity contribution is 9.10. The van der Waals surface area contributed by atoms with E-state index in [4.69, 9.17) is 10.2 Å². The molecule has 1 saturated carbocycles. The van der Waals surface area contributed by atoms with Crippen molar-refractivity contribution in [2.75, 3.05) is 10.0 Å². The van der Waals surface area contributed by atoms with Gasteiger partial charge in [-0.05, 0) is 55.8 Å². The highest BCUT2D eigenvalue weighted by atomic mass is 79.9. The largest absolute Gasteiger partial charge is 0.271 e. The third-order valence-electron chi connectivity index (χ3n) is 7.29. The molecule has 2 atom stereocenters. The molecular formula is C27H21BrN4O2. The van der Waals surface area contributed by atoms with Gasteiger partial charge in [0.25, 0.3) is 11.8 Å². The second kappa shape index (κ2) is 7.21. The first kappa shape index (κ1) is 21.0. The van der Waals surface area contributed by atoms with Crippen LogP contribution in [0.5, 0.6) is 0 Å². The number of anilines is 2. The fourth-order valence-electron chi connectivity index (χ4n) is 5.91. The van der Waals surface area contributed by atoms with Crippen LogP contribution in [0.2, 0.25) is 0 Å². The molecule has 0 saturated heterocycles. The van der Waals surface area contributed by atoms with Crippen LogP contribution < -0.4 is 10.0 Å². The summed E-state index contributed by atoms with van der Waals surface area (Å²) in [6.07, 6.45) is 0. The van der Waals surface area contributed by atoms with Crippen LogP contribution in [-0.2, 0) is 9.59 Å².